The third kappa shape index (κ3) is 9.30. The number of rotatable bonds is 11. The van der Waals surface area contributed by atoms with Crippen molar-refractivity contribution in [3.8, 4) is 5.75 Å². The van der Waals surface area contributed by atoms with Crippen molar-refractivity contribution in [3.63, 3.8) is 0 Å². The molecule has 2 N–H and O–H groups in total. The third-order valence-corrected chi connectivity index (χ3v) is 4.00. The molecule has 1 aromatic rings. The summed E-state index contributed by atoms with van der Waals surface area (Å²) in [5, 5.41) is 6.60. The van der Waals surface area contributed by atoms with Crippen molar-refractivity contribution >= 4 is 29.9 Å². The molecule has 5 nitrogen and oxygen atoms in total. The van der Waals surface area contributed by atoms with Gasteiger partial charge in [0.1, 0.15) is 5.75 Å². The van der Waals surface area contributed by atoms with Gasteiger partial charge in [0, 0.05) is 32.3 Å². The van der Waals surface area contributed by atoms with Crippen LogP contribution in [0.4, 0.5) is 0 Å². The van der Waals surface area contributed by atoms with E-state index in [1.807, 2.05) is 18.2 Å². The minimum Gasteiger partial charge on any atom is -0.493 e. The lowest BCUT2D eigenvalue weighted by atomic mass is 10.2. The summed E-state index contributed by atoms with van der Waals surface area (Å²) in [7, 11) is 1.78. The van der Waals surface area contributed by atoms with Crippen LogP contribution in [0, 0.1) is 5.92 Å². The summed E-state index contributed by atoms with van der Waals surface area (Å²) in [5.74, 6) is 2.51. The van der Waals surface area contributed by atoms with Gasteiger partial charge < -0.3 is 20.1 Å². The maximum absolute atomic E-state index is 5.94. The van der Waals surface area contributed by atoms with Crippen molar-refractivity contribution in [3.05, 3.63) is 29.8 Å². The van der Waals surface area contributed by atoms with E-state index in [9.17, 15) is 0 Å². The van der Waals surface area contributed by atoms with E-state index >= 15 is 0 Å². The Kier molecular flexibility index (Phi) is 11.6. The summed E-state index contributed by atoms with van der Waals surface area (Å²) < 4.78 is 11.5. The van der Waals surface area contributed by atoms with E-state index in [-0.39, 0.29) is 24.0 Å². The number of nitrogens with zero attached hydrogens (tertiary/aromatic N) is 1. The van der Waals surface area contributed by atoms with Crippen molar-refractivity contribution in [1.82, 2.24) is 10.6 Å². The van der Waals surface area contributed by atoms with Crippen molar-refractivity contribution < 1.29 is 9.47 Å². The molecule has 6 heteroatoms. The van der Waals surface area contributed by atoms with Crippen molar-refractivity contribution in [2.24, 2.45) is 10.9 Å². The van der Waals surface area contributed by atoms with Gasteiger partial charge in [0.05, 0.1) is 13.2 Å². The fourth-order valence-electron chi connectivity index (χ4n) is 2.27. The van der Waals surface area contributed by atoms with Crippen LogP contribution in [-0.4, -0.2) is 39.4 Å². The first-order chi connectivity index (χ1) is 11.8. The number of aliphatic imine (C=N–C) groups is 1. The molecule has 0 spiro atoms. The van der Waals surface area contributed by atoms with Crippen LogP contribution in [0.1, 0.15) is 38.2 Å². The molecule has 0 radical (unpaired) electrons. The second kappa shape index (κ2) is 13.2. The Morgan fingerprint density at radius 3 is 2.72 bits per heavy atom. The van der Waals surface area contributed by atoms with Crippen molar-refractivity contribution in [2.75, 3.05) is 33.4 Å². The number of benzene rings is 1. The van der Waals surface area contributed by atoms with Gasteiger partial charge in [-0.1, -0.05) is 31.5 Å². The van der Waals surface area contributed by atoms with E-state index in [1.54, 1.807) is 7.05 Å². The van der Waals surface area contributed by atoms with Crippen LogP contribution < -0.4 is 15.4 Å². The molecule has 0 unspecified atom stereocenters. The molecule has 1 aromatic carbocycles. The Morgan fingerprint density at radius 2 is 2.00 bits per heavy atom. The second-order valence-electron chi connectivity index (χ2n) is 6.18. The van der Waals surface area contributed by atoms with E-state index in [0.717, 1.165) is 49.4 Å². The summed E-state index contributed by atoms with van der Waals surface area (Å²) in [4.78, 5) is 4.25. The number of guanidine groups is 1. The van der Waals surface area contributed by atoms with Gasteiger partial charge in [0.25, 0.3) is 0 Å². The zero-order valence-corrected chi connectivity index (χ0v) is 17.8. The fraction of sp³-hybridized carbons (Fsp3) is 0.632. The molecule has 0 aliphatic heterocycles. The summed E-state index contributed by atoms with van der Waals surface area (Å²) in [6.45, 7) is 5.97. The molecule has 1 aliphatic carbocycles. The van der Waals surface area contributed by atoms with Crippen LogP contribution in [-0.2, 0) is 11.3 Å². The molecule has 1 aliphatic rings. The highest BCUT2D eigenvalue weighted by atomic mass is 127. The van der Waals surface area contributed by atoms with E-state index < -0.39 is 0 Å². The Bertz CT molecular complexity index is 507. The monoisotopic (exact) mass is 461 g/mol. The predicted molar refractivity (Wildman–Crippen MR) is 114 cm³/mol. The fourth-order valence-corrected chi connectivity index (χ4v) is 2.27. The predicted octanol–water partition coefficient (Wildman–Crippen LogP) is 3.58. The molecule has 2 rings (SSSR count). The lowest BCUT2D eigenvalue weighted by Crippen LogP contribution is -2.38. The summed E-state index contributed by atoms with van der Waals surface area (Å²) in [6.07, 6.45) is 4.89. The Morgan fingerprint density at radius 1 is 1.20 bits per heavy atom. The zero-order chi connectivity index (χ0) is 17.0. The Balaban J connectivity index is 0.00000312. The average Bonchev–Trinajstić information content (AvgIpc) is 3.44. The molecule has 0 atom stereocenters. The van der Waals surface area contributed by atoms with Crippen LogP contribution in [0.15, 0.2) is 29.3 Å². The van der Waals surface area contributed by atoms with Crippen LogP contribution in [0.3, 0.4) is 0 Å². The summed E-state index contributed by atoms with van der Waals surface area (Å²) in [5.41, 5.74) is 1.15. The normalized spacial score (nSPS) is 13.9. The Hall–Kier alpha value is -1.02. The minimum absolute atomic E-state index is 0. The number of hydrogen-bond donors (Lipinski definition) is 2. The number of unbranched alkanes of at least 4 members (excludes halogenated alkanes) is 1. The van der Waals surface area contributed by atoms with Crippen molar-refractivity contribution in [2.45, 2.75) is 39.2 Å². The van der Waals surface area contributed by atoms with Gasteiger partial charge in [-0.25, -0.2) is 0 Å². The van der Waals surface area contributed by atoms with Crippen LogP contribution in [0.25, 0.3) is 0 Å². The van der Waals surface area contributed by atoms with E-state index in [4.69, 9.17) is 9.47 Å². The highest BCUT2D eigenvalue weighted by Gasteiger charge is 2.22. The molecule has 0 amide bonds. The van der Waals surface area contributed by atoms with Gasteiger partial charge in [-0.3, -0.25) is 4.99 Å². The molecule has 25 heavy (non-hydrogen) atoms. The van der Waals surface area contributed by atoms with E-state index in [2.05, 4.69) is 28.6 Å². The second-order valence-corrected chi connectivity index (χ2v) is 6.18. The topological polar surface area (TPSA) is 54.9 Å². The van der Waals surface area contributed by atoms with Gasteiger partial charge in [-0.15, -0.1) is 24.0 Å². The van der Waals surface area contributed by atoms with Crippen molar-refractivity contribution in [1.29, 1.82) is 0 Å². The number of para-hydroxylation sites is 1. The minimum atomic E-state index is 0. The zero-order valence-electron chi connectivity index (χ0n) is 15.4. The number of ether oxygens (including phenoxy) is 2. The molecule has 1 saturated carbocycles. The molecule has 0 aromatic heterocycles. The van der Waals surface area contributed by atoms with Crippen LogP contribution in [0.2, 0.25) is 0 Å². The van der Waals surface area contributed by atoms with Gasteiger partial charge in [0.15, 0.2) is 5.96 Å². The lowest BCUT2D eigenvalue weighted by molar-refractivity contribution is 0.136. The maximum Gasteiger partial charge on any atom is 0.191 e. The Labute approximate surface area is 169 Å². The van der Waals surface area contributed by atoms with Crippen LogP contribution >= 0.6 is 24.0 Å². The summed E-state index contributed by atoms with van der Waals surface area (Å²) >= 11 is 0. The number of halogens is 1. The first-order valence-electron chi connectivity index (χ1n) is 9.06. The smallest absolute Gasteiger partial charge is 0.191 e. The lowest BCUT2D eigenvalue weighted by Gasteiger charge is -2.15. The number of hydrogen-bond acceptors (Lipinski definition) is 3. The third-order valence-electron chi connectivity index (χ3n) is 4.00. The van der Waals surface area contributed by atoms with Gasteiger partial charge in [-0.05, 0) is 31.2 Å². The SMILES string of the molecule is CCCCOCCNC(=NC)NCc1ccccc1OCC1CC1.I. The average molecular weight is 461 g/mol. The highest BCUT2D eigenvalue weighted by molar-refractivity contribution is 14.0. The molecular formula is C19H32IN3O2. The van der Waals surface area contributed by atoms with Gasteiger partial charge >= 0.3 is 0 Å². The first-order valence-corrected chi connectivity index (χ1v) is 9.06. The van der Waals surface area contributed by atoms with Gasteiger partial charge in [-0.2, -0.15) is 0 Å². The van der Waals surface area contributed by atoms with E-state index in [1.165, 1.54) is 19.3 Å². The molecule has 0 saturated heterocycles. The first kappa shape index (κ1) is 22.0. The quantitative estimate of drug-likeness (QED) is 0.229. The summed E-state index contributed by atoms with van der Waals surface area (Å²) in [6, 6.07) is 8.19. The molecule has 1 fully saturated rings. The standard InChI is InChI=1S/C19H31N3O2.HI/c1-3-4-12-23-13-11-21-19(20-2)22-14-17-7-5-6-8-18(17)24-15-16-9-10-16;/h5-8,16H,3-4,9-15H2,1-2H3,(H2,20,21,22);1H. The maximum atomic E-state index is 5.94. The highest BCUT2D eigenvalue weighted by Crippen LogP contribution is 2.30. The number of nitrogens with one attached hydrogen (secondary N) is 2. The van der Waals surface area contributed by atoms with E-state index in [0.29, 0.717) is 13.2 Å². The van der Waals surface area contributed by atoms with Crippen LogP contribution in [0.5, 0.6) is 5.75 Å². The molecule has 142 valence electrons. The molecular weight excluding hydrogens is 429 g/mol. The largest absolute Gasteiger partial charge is 0.493 e. The molecule has 0 heterocycles. The molecule has 0 bridgehead atoms. The van der Waals surface area contributed by atoms with Gasteiger partial charge in [0.2, 0.25) is 0 Å².